The number of rotatable bonds is 7. The van der Waals surface area contributed by atoms with Gasteiger partial charge in [0.05, 0.1) is 33.0 Å². The van der Waals surface area contributed by atoms with E-state index in [-0.39, 0.29) is 6.10 Å². The van der Waals surface area contributed by atoms with Crippen molar-refractivity contribution in [2.24, 2.45) is 0 Å². The van der Waals surface area contributed by atoms with E-state index in [1.54, 1.807) is 14.2 Å². The van der Waals surface area contributed by atoms with Crippen LogP contribution in [0.15, 0.2) is 18.2 Å². The standard InChI is InChI=1S/C20H31NO4/c1-23-19-8-7-15(13-20(19)24-2)10-12-25-18-6-4-3-5-17(18)21-11-9-16(22)14-21/h7-8,13,16-18,22H,3-6,9-12,14H2,1-2H3/t16-,17-,18?/m1/s1. The van der Waals surface area contributed by atoms with Crippen LogP contribution in [0, 0.1) is 0 Å². The average Bonchev–Trinajstić information content (AvgIpc) is 3.08. The molecule has 1 unspecified atom stereocenters. The summed E-state index contributed by atoms with van der Waals surface area (Å²) in [5, 5.41) is 9.83. The summed E-state index contributed by atoms with van der Waals surface area (Å²) in [5.74, 6) is 1.52. The highest BCUT2D eigenvalue weighted by Crippen LogP contribution is 2.30. The highest BCUT2D eigenvalue weighted by atomic mass is 16.5. The van der Waals surface area contributed by atoms with Crippen LogP contribution in [0.5, 0.6) is 11.5 Å². The van der Waals surface area contributed by atoms with E-state index in [1.807, 2.05) is 12.1 Å². The van der Waals surface area contributed by atoms with Gasteiger partial charge in [-0.1, -0.05) is 18.9 Å². The Bertz CT molecular complexity index is 550. The minimum absolute atomic E-state index is 0.158. The Morgan fingerprint density at radius 1 is 1.08 bits per heavy atom. The molecular weight excluding hydrogens is 318 g/mol. The van der Waals surface area contributed by atoms with Gasteiger partial charge in [-0.3, -0.25) is 4.90 Å². The van der Waals surface area contributed by atoms with Gasteiger partial charge in [-0.2, -0.15) is 0 Å². The molecule has 1 saturated heterocycles. The normalized spacial score (nSPS) is 27.4. The molecule has 3 atom stereocenters. The summed E-state index contributed by atoms with van der Waals surface area (Å²) in [6.45, 7) is 2.52. The zero-order valence-electron chi connectivity index (χ0n) is 15.4. The molecule has 5 nitrogen and oxygen atoms in total. The van der Waals surface area contributed by atoms with Crippen LogP contribution in [0.25, 0.3) is 0 Å². The topological polar surface area (TPSA) is 51.2 Å². The van der Waals surface area contributed by atoms with E-state index in [1.165, 1.54) is 24.8 Å². The van der Waals surface area contributed by atoms with Crippen molar-refractivity contribution < 1.29 is 19.3 Å². The Hall–Kier alpha value is -1.30. The van der Waals surface area contributed by atoms with Gasteiger partial charge in [0, 0.05) is 19.1 Å². The zero-order chi connectivity index (χ0) is 17.6. The Kier molecular flexibility index (Phi) is 6.57. The van der Waals surface area contributed by atoms with Crippen molar-refractivity contribution in [2.75, 3.05) is 33.9 Å². The minimum Gasteiger partial charge on any atom is -0.493 e. The van der Waals surface area contributed by atoms with Crippen LogP contribution in [-0.2, 0) is 11.2 Å². The van der Waals surface area contributed by atoms with Gasteiger partial charge in [-0.25, -0.2) is 0 Å². The molecule has 0 bridgehead atoms. The molecule has 0 amide bonds. The molecule has 25 heavy (non-hydrogen) atoms. The molecule has 0 aromatic heterocycles. The SMILES string of the molecule is COc1ccc(CCOC2CCCC[C@H]2N2CC[C@@H](O)C2)cc1OC. The maximum absolute atomic E-state index is 9.83. The second-order valence-corrected chi connectivity index (χ2v) is 7.14. The van der Waals surface area contributed by atoms with E-state index in [0.717, 1.165) is 43.9 Å². The van der Waals surface area contributed by atoms with Crippen molar-refractivity contribution in [2.45, 2.75) is 56.8 Å². The number of hydrogen-bond acceptors (Lipinski definition) is 5. The van der Waals surface area contributed by atoms with Gasteiger partial charge in [0.25, 0.3) is 0 Å². The monoisotopic (exact) mass is 349 g/mol. The number of benzene rings is 1. The zero-order valence-corrected chi connectivity index (χ0v) is 15.4. The molecule has 2 aliphatic rings. The molecule has 1 heterocycles. The molecule has 5 heteroatoms. The lowest BCUT2D eigenvalue weighted by atomic mass is 9.91. The van der Waals surface area contributed by atoms with Gasteiger partial charge in [0.2, 0.25) is 0 Å². The average molecular weight is 349 g/mol. The fourth-order valence-corrected chi connectivity index (χ4v) is 4.12. The highest BCUT2D eigenvalue weighted by Gasteiger charge is 2.34. The molecule has 0 spiro atoms. The van der Waals surface area contributed by atoms with E-state index in [4.69, 9.17) is 14.2 Å². The molecule has 1 saturated carbocycles. The largest absolute Gasteiger partial charge is 0.493 e. The Morgan fingerprint density at radius 3 is 2.60 bits per heavy atom. The number of methoxy groups -OCH3 is 2. The highest BCUT2D eigenvalue weighted by molar-refractivity contribution is 5.42. The van der Waals surface area contributed by atoms with Crippen molar-refractivity contribution in [3.63, 3.8) is 0 Å². The molecule has 1 aliphatic heterocycles. The fourth-order valence-electron chi connectivity index (χ4n) is 4.12. The van der Waals surface area contributed by atoms with Crippen molar-refractivity contribution in [1.82, 2.24) is 4.90 Å². The van der Waals surface area contributed by atoms with Crippen LogP contribution in [0.4, 0.5) is 0 Å². The maximum Gasteiger partial charge on any atom is 0.160 e. The Morgan fingerprint density at radius 2 is 1.88 bits per heavy atom. The van der Waals surface area contributed by atoms with Crippen molar-refractivity contribution in [1.29, 1.82) is 0 Å². The predicted molar refractivity (Wildman–Crippen MR) is 97.4 cm³/mol. The third-order valence-electron chi connectivity index (χ3n) is 5.50. The number of aliphatic hydroxyl groups is 1. The van der Waals surface area contributed by atoms with Crippen molar-refractivity contribution in [3.8, 4) is 11.5 Å². The first kappa shape index (κ1) is 18.5. The first-order valence-corrected chi connectivity index (χ1v) is 9.46. The van der Waals surface area contributed by atoms with E-state index in [0.29, 0.717) is 18.8 Å². The first-order valence-electron chi connectivity index (χ1n) is 9.46. The number of hydrogen-bond donors (Lipinski definition) is 1. The third kappa shape index (κ3) is 4.66. The molecule has 0 radical (unpaired) electrons. The smallest absolute Gasteiger partial charge is 0.160 e. The van der Waals surface area contributed by atoms with Crippen LogP contribution >= 0.6 is 0 Å². The second kappa shape index (κ2) is 8.88. The van der Waals surface area contributed by atoms with E-state index in [9.17, 15) is 5.11 Å². The van der Waals surface area contributed by atoms with Gasteiger partial charge >= 0.3 is 0 Å². The number of nitrogens with zero attached hydrogens (tertiary/aromatic N) is 1. The summed E-state index contributed by atoms with van der Waals surface area (Å²) in [6, 6.07) is 6.51. The summed E-state index contributed by atoms with van der Waals surface area (Å²) in [4.78, 5) is 2.44. The lowest BCUT2D eigenvalue weighted by Crippen LogP contribution is -2.46. The van der Waals surface area contributed by atoms with Gasteiger partial charge in [-0.15, -0.1) is 0 Å². The summed E-state index contributed by atoms with van der Waals surface area (Å²) in [5.41, 5.74) is 1.20. The molecule has 1 aromatic rings. The molecule has 1 N–H and O–H groups in total. The molecular formula is C20H31NO4. The third-order valence-corrected chi connectivity index (χ3v) is 5.50. The summed E-state index contributed by atoms with van der Waals surface area (Å²) in [7, 11) is 3.31. The van der Waals surface area contributed by atoms with Crippen molar-refractivity contribution >= 4 is 0 Å². The summed E-state index contributed by atoms with van der Waals surface area (Å²) < 4.78 is 16.9. The van der Waals surface area contributed by atoms with Crippen LogP contribution in [0.1, 0.15) is 37.7 Å². The fraction of sp³-hybridized carbons (Fsp3) is 0.700. The van der Waals surface area contributed by atoms with Crippen LogP contribution in [0.3, 0.4) is 0 Å². The summed E-state index contributed by atoms with van der Waals surface area (Å²) in [6.07, 6.45) is 6.73. The van der Waals surface area contributed by atoms with E-state index >= 15 is 0 Å². The predicted octanol–water partition coefficient (Wildman–Crippen LogP) is 2.64. The number of ether oxygens (including phenoxy) is 3. The van der Waals surface area contributed by atoms with Gasteiger partial charge < -0.3 is 19.3 Å². The van der Waals surface area contributed by atoms with E-state index < -0.39 is 0 Å². The Balaban J connectivity index is 1.53. The quantitative estimate of drug-likeness (QED) is 0.820. The van der Waals surface area contributed by atoms with E-state index in [2.05, 4.69) is 11.0 Å². The number of aliphatic hydroxyl groups excluding tert-OH is 1. The van der Waals surface area contributed by atoms with Crippen LogP contribution in [-0.4, -0.2) is 62.2 Å². The van der Waals surface area contributed by atoms with Gasteiger partial charge in [-0.05, 0) is 43.4 Å². The second-order valence-electron chi connectivity index (χ2n) is 7.14. The van der Waals surface area contributed by atoms with Crippen LogP contribution in [0.2, 0.25) is 0 Å². The Labute approximate surface area is 150 Å². The maximum atomic E-state index is 9.83. The lowest BCUT2D eigenvalue weighted by molar-refractivity contribution is -0.0316. The molecule has 1 aromatic carbocycles. The van der Waals surface area contributed by atoms with Crippen LogP contribution < -0.4 is 9.47 Å². The molecule has 3 rings (SSSR count). The minimum atomic E-state index is -0.158. The molecule has 1 aliphatic carbocycles. The number of likely N-dealkylation sites (tertiary alicyclic amines) is 1. The van der Waals surface area contributed by atoms with Gasteiger partial charge in [0.15, 0.2) is 11.5 Å². The molecule has 140 valence electrons. The van der Waals surface area contributed by atoms with Gasteiger partial charge in [0.1, 0.15) is 0 Å². The number of β-amino-alcohol motifs (C(OH)–C–C–N with tert-alkyl or cyclic N) is 1. The lowest BCUT2D eigenvalue weighted by Gasteiger charge is -2.37. The van der Waals surface area contributed by atoms with Crippen molar-refractivity contribution in [3.05, 3.63) is 23.8 Å². The first-order chi connectivity index (χ1) is 12.2. The summed E-state index contributed by atoms with van der Waals surface area (Å²) >= 11 is 0. The molecule has 2 fully saturated rings.